The molecule has 10 heteroatoms. The number of halogens is 3. The van der Waals surface area contributed by atoms with Crippen LogP contribution in [0.15, 0.2) is 47.4 Å². The maximum atomic E-state index is 12.5. The summed E-state index contributed by atoms with van der Waals surface area (Å²) in [4.78, 5) is 11.2. The van der Waals surface area contributed by atoms with E-state index in [9.17, 15) is 26.4 Å². The van der Waals surface area contributed by atoms with Crippen LogP contribution in [0, 0.1) is 0 Å². The van der Waals surface area contributed by atoms with E-state index in [-0.39, 0.29) is 22.9 Å². The fourth-order valence-electron chi connectivity index (χ4n) is 2.50. The molecular formula is C16H13F3N2O4S. The van der Waals surface area contributed by atoms with Crippen LogP contribution in [0.5, 0.6) is 5.75 Å². The molecule has 0 fully saturated rings. The number of ether oxygens (including phenoxy) is 1. The van der Waals surface area contributed by atoms with E-state index >= 15 is 0 Å². The third-order valence-electron chi connectivity index (χ3n) is 3.64. The summed E-state index contributed by atoms with van der Waals surface area (Å²) in [6.07, 6.45) is -4.35. The monoisotopic (exact) mass is 386 g/mol. The van der Waals surface area contributed by atoms with Crippen molar-refractivity contribution in [2.75, 3.05) is 10.0 Å². The highest BCUT2D eigenvalue weighted by atomic mass is 32.2. The van der Waals surface area contributed by atoms with Crippen LogP contribution in [0.25, 0.3) is 0 Å². The number of carbonyl (C=O) groups excluding carboxylic acids is 1. The van der Waals surface area contributed by atoms with Crippen molar-refractivity contribution in [3.8, 4) is 5.75 Å². The Bertz CT molecular complexity index is 958. The van der Waals surface area contributed by atoms with Gasteiger partial charge >= 0.3 is 6.36 Å². The third kappa shape index (κ3) is 4.07. The minimum Gasteiger partial charge on any atom is -0.404 e. The van der Waals surface area contributed by atoms with Crippen molar-refractivity contribution >= 4 is 27.3 Å². The lowest BCUT2D eigenvalue weighted by molar-refractivity contribution is -0.274. The van der Waals surface area contributed by atoms with Crippen LogP contribution >= 0.6 is 0 Å². The Balaban J connectivity index is 1.90. The van der Waals surface area contributed by atoms with Gasteiger partial charge in [0.2, 0.25) is 5.91 Å². The van der Waals surface area contributed by atoms with Gasteiger partial charge in [-0.2, -0.15) is 0 Å². The van der Waals surface area contributed by atoms with E-state index in [2.05, 4.69) is 14.8 Å². The number of alkyl halides is 3. The minimum atomic E-state index is -4.95. The van der Waals surface area contributed by atoms with Crippen LogP contribution < -0.4 is 14.8 Å². The maximum absolute atomic E-state index is 12.5. The van der Waals surface area contributed by atoms with Crippen LogP contribution in [0.2, 0.25) is 0 Å². The first kappa shape index (κ1) is 18.1. The number of nitrogens with one attached hydrogen (secondary N) is 2. The number of benzene rings is 2. The van der Waals surface area contributed by atoms with Crippen molar-refractivity contribution in [3.05, 3.63) is 48.0 Å². The van der Waals surface area contributed by atoms with Crippen molar-refractivity contribution in [1.29, 1.82) is 0 Å². The molecule has 0 atom stereocenters. The molecule has 26 heavy (non-hydrogen) atoms. The first-order chi connectivity index (χ1) is 12.1. The van der Waals surface area contributed by atoms with E-state index in [4.69, 9.17) is 0 Å². The first-order valence-electron chi connectivity index (χ1n) is 7.44. The Labute approximate surface area is 147 Å². The largest absolute Gasteiger partial charge is 0.573 e. The number of sulfonamides is 1. The molecule has 1 heterocycles. The van der Waals surface area contributed by atoms with Gasteiger partial charge in [0.1, 0.15) is 0 Å². The van der Waals surface area contributed by atoms with Gasteiger partial charge in [-0.1, -0.05) is 12.1 Å². The molecule has 0 unspecified atom stereocenters. The van der Waals surface area contributed by atoms with Crippen molar-refractivity contribution in [3.63, 3.8) is 0 Å². The summed E-state index contributed by atoms with van der Waals surface area (Å²) in [5, 5.41) is 2.62. The number of carbonyl (C=O) groups is 1. The fraction of sp³-hybridized carbons (Fsp3) is 0.188. The second kappa shape index (κ2) is 6.52. The van der Waals surface area contributed by atoms with E-state index in [0.717, 1.165) is 12.1 Å². The standard InChI is InChI=1S/C16H13F3N2O4S/c17-16(18,19)25-14-4-2-1-3-13(14)21-26(23,24)11-6-7-12-10(9-11)5-8-15(22)20-12/h1-4,6-7,9,21H,5,8H2,(H,20,22). The molecule has 1 aliphatic rings. The highest BCUT2D eigenvalue weighted by molar-refractivity contribution is 7.92. The molecule has 2 aromatic rings. The SMILES string of the molecule is O=C1CCc2cc(S(=O)(=O)Nc3ccccc3OC(F)(F)F)ccc2N1. The molecule has 6 nitrogen and oxygen atoms in total. The van der Waals surface area contributed by atoms with Crippen molar-refractivity contribution in [2.45, 2.75) is 24.1 Å². The fourth-order valence-corrected chi connectivity index (χ4v) is 3.62. The number of fused-ring (bicyclic) bond motifs is 1. The molecule has 0 aliphatic carbocycles. The number of para-hydroxylation sites is 2. The Hall–Kier alpha value is -2.75. The molecule has 1 amide bonds. The lowest BCUT2D eigenvalue weighted by atomic mass is 10.0. The zero-order chi connectivity index (χ0) is 18.9. The molecule has 3 rings (SSSR count). The molecule has 2 N–H and O–H groups in total. The minimum absolute atomic E-state index is 0.130. The van der Waals surface area contributed by atoms with Crippen molar-refractivity contribution in [1.82, 2.24) is 0 Å². The lowest BCUT2D eigenvalue weighted by Gasteiger charge is -2.18. The molecular weight excluding hydrogens is 373 g/mol. The summed E-state index contributed by atoms with van der Waals surface area (Å²) in [5.74, 6) is -0.821. The Morgan fingerprint density at radius 1 is 1.08 bits per heavy atom. The highest BCUT2D eigenvalue weighted by Crippen LogP contribution is 2.32. The Morgan fingerprint density at radius 2 is 1.81 bits per heavy atom. The van der Waals surface area contributed by atoms with E-state index < -0.39 is 22.1 Å². The molecule has 0 saturated heterocycles. The Kier molecular flexibility index (Phi) is 4.53. The zero-order valence-electron chi connectivity index (χ0n) is 13.1. The van der Waals surface area contributed by atoms with E-state index in [0.29, 0.717) is 17.7 Å². The second-order valence-electron chi connectivity index (χ2n) is 5.52. The average molecular weight is 386 g/mol. The van der Waals surface area contributed by atoms with Gasteiger partial charge in [0.25, 0.3) is 10.0 Å². The number of hydrogen-bond donors (Lipinski definition) is 2. The van der Waals surface area contributed by atoms with Crippen LogP contribution in [-0.2, 0) is 21.2 Å². The third-order valence-corrected chi connectivity index (χ3v) is 5.00. The van der Waals surface area contributed by atoms with Crippen LogP contribution in [0.1, 0.15) is 12.0 Å². The maximum Gasteiger partial charge on any atom is 0.573 e. The van der Waals surface area contributed by atoms with Crippen LogP contribution in [0.4, 0.5) is 24.5 Å². The van der Waals surface area contributed by atoms with Crippen LogP contribution in [0.3, 0.4) is 0 Å². The first-order valence-corrected chi connectivity index (χ1v) is 8.93. The van der Waals surface area contributed by atoms with E-state index in [1.54, 1.807) is 0 Å². The summed E-state index contributed by atoms with van der Waals surface area (Å²) in [7, 11) is -4.15. The van der Waals surface area contributed by atoms with Gasteiger partial charge in [-0.05, 0) is 42.3 Å². The molecule has 0 spiro atoms. The van der Waals surface area contributed by atoms with Gasteiger partial charge in [0, 0.05) is 12.1 Å². The molecule has 0 bridgehead atoms. The summed E-state index contributed by atoms with van der Waals surface area (Å²) in [5.41, 5.74) is 0.809. The molecule has 0 saturated carbocycles. The summed E-state index contributed by atoms with van der Waals surface area (Å²) in [6, 6.07) is 8.93. The number of rotatable bonds is 4. The Morgan fingerprint density at radius 3 is 2.54 bits per heavy atom. The predicted octanol–water partition coefficient (Wildman–Crippen LogP) is 3.27. The quantitative estimate of drug-likeness (QED) is 0.845. The number of aryl methyl sites for hydroxylation is 1. The normalized spacial score (nSPS) is 14.3. The summed E-state index contributed by atoms with van der Waals surface area (Å²) < 4.78 is 68.4. The highest BCUT2D eigenvalue weighted by Gasteiger charge is 2.32. The topological polar surface area (TPSA) is 84.5 Å². The molecule has 138 valence electrons. The molecule has 1 aliphatic heterocycles. The number of hydrogen-bond acceptors (Lipinski definition) is 4. The van der Waals surface area contributed by atoms with Gasteiger partial charge in [0.05, 0.1) is 10.6 Å². The second-order valence-corrected chi connectivity index (χ2v) is 7.20. The average Bonchev–Trinajstić information content (AvgIpc) is 2.54. The lowest BCUT2D eigenvalue weighted by Crippen LogP contribution is -2.21. The van der Waals surface area contributed by atoms with Gasteiger partial charge < -0.3 is 10.1 Å². The van der Waals surface area contributed by atoms with Crippen LogP contribution in [-0.4, -0.2) is 20.7 Å². The molecule has 2 aromatic carbocycles. The number of amides is 1. The smallest absolute Gasteiger partial charge is 0.404 e. The van der Waals surface area contributed by atoms with Gasteiger partial charge in [0.15, 0.2) is 5.75 Å². The van der Waals surface area contributed by atoms with Crippen molar-refractivity contribution < 1.29 is 31.1 Å². The van der Waals surface area contributed by atoms with Gasteiger partial charge in [-0.3, -0.25) is 9.52 Å². The molecule has 0 aromatic heterocycles. The molecule has 0 radical (unpaired) electrons. The zero-order valence-corrected chi connectivity index (χ0v) is 13.9. The van der Waals surface area contributed by atoms with E-state index in [1.165, 1.54) is 30.3 Å². The van der Waals surface area contributed by atoms with E-state index in [1.807, 2.05) is 0 Å². The number of anilines is 2. The summed E-state index contributed by atoms with van der Waals surface area (Å²) in [6.45, 7) is 0. The van der Waals surface area contributed by atoms with Gasteiger partial charge in [-0.15, -0.1) is 13.2 Å². The van der Waals surface area contributed by atoms with Gasteiger partial charge in [-0.25, -0.2) is 8.42 Å². The summed E-state index contributed by atoms with van der Waals surface area (Å²) >= 11 is 0. The predicted molar refractivity (Wildman–Crippen MR) is 87.3 cm³/mol. The van der Waals surface area contributed by atoms with Crippen molar-refractivity contribution in [2.24, 2.45) is 0 Å².